The molecule has 0 saturated heterocycles. The Morgan fingerprint density at radius 2 is 1.77 bits per heavy atom. The summed E-state index contributed by atoms with van der Waals surface area (Å²) >= 11 is 0. The lowest BCUT2D eigenvalue weighted by Crippen LogP contribution is -2.04. The lowest BCUT2D eigenvalue weighted by molar-refractivity contribution is -0.112. The molecule has 0 aliphatic heterocycles. The summed E-state index contributed by atoms with van der Waals surface area (Å²) in [5.41, 5.74) is 9.16. The molecule has 0 aromatic heterocycles. The van der Waals surface area contributed by atoms with E-state index in [9.17, 15) is 4.79 Å². The van der Waals surface area contributed by atoms with Crippen molar-refractivity contribution in [3.63, 3.8) is 0 Å². The molecule has 0 bridgehead atoms. The van der Waals surface area contributed by atoms with Gasteiger partial charge in [-0.25, -0.2) is 0 Å². The first-order chi connectivity index (χ1) is 14.8. The van der Waals surface area contributed by atoms with Crippen molar-refractivity contribution in [3.8, 4) is 11.5 Å². The first-order valence-corrected chi connectivity index (χ1v) is 11.3. The quantitative estimate of drug-likeness (QED) is 0.297. The van der Waals surface area contributed by atoms with Crippen molar-refractivity contribution in [3.05, 3.63) is 65.2 Å². The van der Waals surface area contributed by atoms with Gasteiger partial charge in [0.05, 0.1) is 0 Å². The molecule has 4 heteroatoms. The lowest BCUT2D eigenvalue weighted by atomic mass is 9.86. The van der Waals surface area contributed by atoms with Crippen LogP contribution in [0.2, 0.25) is 0 Å². The maximum Gasteiger partial charge on any atom is 0.157 e. The van der Waals surface area contributed by atoms with Crippen LogP contribution in [-0.4, -0.2) is 16.0 Å². The minimum Gasteiger partial charge on any atom is -0.504 e. The molecule has 0 aliphatic carbocycles. The van der Waals surface area contributed by atoms with Crippen molar-refractivity contribution in [2.45, 2.75) is 72.3 Å². The van der Waals surface area contributed by atoms with E-state index in [1.807, 2.05) is 0 Å². The van der Waals surface area contributed by atoms with Crippen LogP contribution in [0.3, 0.4) is 0 Å². The van der Waals surface area contributed by atoms with E-state index in [1.54, 1.807) is 12.1 Å². The average Bonchev–Trinajstić information content (AvgIpc) is 2.77. The highest BCUT2D eigenvalue weighted by Crippen LogP contribution is 2.29. The Hall–Kier alpha value is -2.59. The second kappa shape index (κ2) is 14.4. The van der Waals surface area contributed by atoms with Crippen molar-refractivity contribution < 1.29 is 15.0 Å². The van der Waals surface area contributed by atoms with Crippen molar-refractivity contribution in [2.24, 2.45) is 11.7 Å². The molecule has 0 aliphatic rings. The molecule has 4 nitrogen and oxygen atoms in total. The van der Waals surface area contributed by atoms with E-state index in [-0.39, 0.29) is 17.3 Å². The SMILES string of the molecule is CC(=O)/C=C\c1ccc(O)c(O)c1.CCCC(CCC(C)CC)c1cccc(CN)c1. The van der Waals surface area contributed by atoms with Crippen LogP contribution >= 0.6 is 0 Å². The fourth-order valence-corrected chi connectivity index (χ4v) is 3.35. The number of benzene rings is 2. The normalized spacial score (nSPS) is 12.8. The predicted molar refractivity (Wildman–Crippen MR) is 130 cm³/mol. The van der Waals surface area contributed by atoms with Crippen molar-refractivity contribution in [1.82, 2.24) is 0 Å². The van der Waals surface area contributed by atoms with Gasteiger partial charge in [0.15, 0.2) is 17.3 Å². The van der Waals surface area contributed by atoms with Crippen LogP contribution < -0.4 is 5.73 Å². The van der Waals surface area contributed by atoms with Gasteiger partial charge >= 0.3 is 0 Å². The van der Waals surface area contributed by atoms with Gasteiger partial charge in [0.1, 0.15) is 0 Å². The van der Waals surface area contributed by atoms with Crippen LogP contribution in [0.4, 0.5) is 0 Å². The van der Waals surface area contributed by atoms with Crippen LogP contribution in [0.5, 0.6) is 11.5 Å². The van der Waals surface area contributed by atoms with Crippen molar-refractivity contribution in [2.75, 3.05) is 0 Å². The van der Waals surface area contributed by atoms with Gasteiger partial charge in [-0.15, -0.1) is 0 Å². The van der Waals surface area contributed by atoms with Crippen LogP contribution in [0.1, 0.15) is 82.4 Å². The number of hydrogen-bond acceptors (Lipinski definition) is 4. The van der Waals surface area contributed by atoms with Gasteiger partial charge in [-0.1, -0.05) is 76.4 Å². The average molecular weight is 426 g/mol. The first-order valence-electron chi connectivity index (χ1n) is 11.3. The van der Waals surface area contributed by atoms with Gasteiger partial charge in [0, 0.05) is 6.54 Å². The maximum atomic E-state index is 10.6. The number of nitrogens with two attached hydrogens (primary N) is 1. The number of phenols is 2. The molecular formula is C27H39NO3. The molecule has 0 saturated carbocycles. The molecule has 4 N–H and O–H groups in total. The van der Waals surface area contributed by atoms with Gasteiger partial charge < -0.3 is 15.9 Å². The smallest absolute Gasteiger partial charge is 0.157 e. The zero-order chi connectivity index (χ0) is 23.2. The van der Waals surface area contributed by atoms with Gasteiger partial charge in [-0.05, 0) is 66.5 Å². The Morgan fingerprint density at radius 1 is 1.03 bits per heavy atom. The Labute approximate surface area is 187 Å². The third kappa shape index (κ3) is 10.3. The minimum atomic E-state index is -0.189. The third-order valence-corrected chi connectivity index (χ3v) is 5.51. The van der Waals surface area contributed by atoms with E-state index in [2.05, 4.69) is 45.0 Å². The molecule has 0 radical (unpaired) electrons. The molecule has 31 heavy (non-hydrogen) atoms. The van der Waals surface area contributed by atoms with E-state index in [4.69, 9.17) is 15.9 Å². The van der Waals surface area contributed by atoms with E-state index >= 15 is 0 Å². The molecule has 2 atom stereocenters. The topological polar surface area (TPSA) is 83.5 Å². The molecule has 2 unspecified atom stereocenters. The number of aromatic hydroxyl groups is 2. The molecule has 0 fully saturated rings. The van der Waals surface area contributed by atoms with Crippen molar-refractivity contribution >= 4 is 11.9 Å². The zero-order valence-corrected chi connectivity index (χ0v) is 19.5. The summed E-state index contributed by atoms with van der Waals surface area (Å²) in [7, 11) is 0. The van der Waals surface area contributed by atoms with Gasteiger partial charge in [-0.3, -0.25) is 4.79 Å². The van der Waals surface area contributed by atoms with Crippen molar-refractivity contribution in [1.29, 1.82) is 0 Å². The summed E-state index contributed by atoms with van der Waals surface area (Å²) in [6, 6.07) is 13.2. The summed E-state index contributed by atoms with van der Waals surface area (Å²) in [6.45, 7) is 9.02. The molecular weight excluding hydrogens is 386 g/mol. The number of phenolic OH excluding ortho intramolecular Hbond substituents is 2. The monoisotopic (exact) mass is 425 g/mol. The molecule has 2 aromatic carbocycles. The number of ketones is 1. The maximum absolute atomic E-state index is 10.6. The molecule has 0 spiro atoms. The second-order valence-corrected chi connectivity index (χ2v) is 8.22. The first kappa shape index (κ1) is 26.4. The van der Waals surface area contributed by atoms with Crippen LogP contribution in [0.15, 0.2) is 48.5 Å². The molecule has 2 rings (SSSR count). The number of allylic oxidation sites excluding steroid dienone is 1. The van der Waals surface area contributed by atoms with Crippen LogP contribution in [0.25, 0.3) is 6.08 Å². The largest absolute Gasteiger partial charge is 0.504 e. The Bertz CT molecular complexity index is 829. The highest BCUT2D eigenvalue weighted by atomic mass is 16.3. The highest BCUT2D eigenvalue weighted by molar-refractivity contribution is 5.91. The fraction of sp³-hybridized carbons (Fsp3) is 0.444. The number of hydrogen-bond donors (Lipinski definition) is 3. The Kier molecular flexibility index (Phi) is 12.3. The standard InChI is InChI=1S/C17H29N.C10H10O3/c1-4-7-16(11-10-14(3)5-2)17-9-6-8-15(12-17)13-18;1-7(11)2-3-8-4-5-9(12)10(13)6-8/h6,8-9,12,14,16H,4-5,7,10-11,13,18H2,1-3H3;2-6,12-13H,1H3/b;3-2-. The van der Waals surface area contributed by atoms with E-state index < -0.39 is 0 Å². The molecule has 170 valence electrons. The van der Waals surface area contributed by atoms with E-state index in [0.29, 0.717) is 12.1 Å². The highest BCUT2D eigenvalue weighted by Gasteiger charge is 2.12. The van der Waals surface area contributed by atoms with Gasteiger partial charge in [0.25, 0.3) is 0 Å². The second-order valence-electron chi connectivity index (χ2n) is 8.22. The zero-order valence-electron chi connectivity index (χ0n) is 19.5. The van der Waals surface area contributed by atoms with Crippen LogP contribution in [-0.2, 0) is 11.3 Å². The minimum absolute atomic E-state index is 0.0624. The fourth-order valence-electron chi connectivity index (χ4n) is 3.35. The van der Waals surface area contributed by atoms with Gasteiger partial charge in [0.2, 0.25) is 0 Å². The summed E-state index contributed by atoms with van der Waals surface area (Å²) < 4.78 is 0. The molecule has 2 aromatic rings. The Morgan fingerprint density at radius 3 is 2.35 bits per heavy atom. The molecule has 0 heterocycles. The lowest BCUT2D eigenvalue weighted by Gasteiger charge is -2.19. The predicted octanol–water partition coefficient (Wildman–Crippen LogP) is 6.56. The van der Waals surface area contributed by atoms with Crippen LogP contribution in [0, 0.1) is 5.92 Å². The number of rotatable bonds is 10. The number of carbonyl (C=O) groups excluding carboxylic acids is 1. The summed E-state index contributed by atoms with van der Waals surface area (Å²) in [5, 5.41) is 18.1. The number of carbonyl (C=O) groups is 1. The molecule has 0 amide bonds. The summed E-state index contributed by atoms with van der Waals surface area (Å²) in [6.07, 6.45) is 9.47. The van der Waals surface area contributed by atoms with E-state index in [1.165, 1.54) is 68.4 Å². The summed E-state index contributed by atoms with van der Waals surface area (Å²) in [5.74, 6) is 1.15. The Balaban J connectivity index is 0.000000327. The van der Waals surface area contributed by atoms with Gasteiger partial charge in [-0.2, -0.15) is 0 Å². The third-order valence-electron chi connectivity index (χ3n) is 5.51. The summed E-state index contributed by atoms with van der Waals surface area (Å²) in [4.78, 5) is 10.6. The van der Waals surface area contributed by atoms with E-state index in [0.717, 1.165) is 11.8 Å².